The van der Waals surface area contributed by atoms with E-state index >= 15 is 0 Å². The first-order valence-electron chi connectivity index (χ1n) is 12.0. The molecule has 37 heavy (non-hydrogen) atoms. The molecule has 0 saturated heterocycles. The normalized spacial score (nSPS) is 13.6. The average Bonchev–Trinajstić information content (AvgIpc) is 3.24. The summed E-state index contributed by atoms with van der Waals surface area (Å²) in [6, 6.07) is 21.1. The number of carboxylic acid groups (broad SMARTS) is 1. The molecule has 3 aromatic carbocycles. The third kappa shape index (κ3) is 5.58. The van der Waals surface area contributed by atoms with Gasteiger partial charge in [-0.05, 0) is 46.9 Å². The van der Waals surface area contributed by atoms with E-state index in [2.05, 4.69) is 17.4 Å². The van der Waals surface area contributed by atoms with Crippen LogP contribution in [-0.4, -0.2) is 60.8 Å². The highest BCUT2D eigenvalue weighted by atomic mass is 16.5. The molecular formula is C29H30N2O6. The molecule has 0 aliphatic heterocycles. The maximum atomic E-state index is 13.2. The number of rotatable bonds is 9. The molecule has 1 aliphatic carbocycles. The highest BCUT2D eigenvalue weighted by Gasteiger charge is 2.32. The van der Waals surface area contributed by atoms with Gasteiger partial charge in [0.25, 0.3) is 0 Å². The van der Waals surface area contributed by atoms with Gasteiger partial charge in [0.1, 0.15) is 24.4 Å². The number of likely N-dealkylation sites (N-methyl/N-ethyl adjacent to an activating group) is 1. The van der Waals surface area contributed by atoms with E-state index in [1.54, 1.807) is 31.4 Å². The summed E-state index contributed by atoms with van der Waals surface area (Å²) < 4.78 is 10.8. The van der Waals surface area contributed by atoms with E-state index in [1.165, 1.54) is 14.0 Å². The zero-order valence-corrected chi connectivity index (χ0v) is 21.0. The van der Waals surface area contributed by atoms with Crippen LogP contribution in [0.3, 0.4) is 0 Å². The van der Waals surface area contributed by atoms with Gasteiger partial charge in [-0.3, -0.25) is 4.79 Å². The number of carbonyl (C=O) groups excluding carboxylic acids is 2. The SMILES string of the molecule is COc1ccc(C[C@@H](NC(=O)OCC2c3ccccc3-c3ccccc32)C(=O)N(C)[C@@H](C)C(=O)O)cc1. The number of alkyl carbamates (subject to hydrolysis) is 1. The second kappa shape index (κ2) is 11.2. The van der Waals surface area contributed by atoms with Crippen LogP contribution in [0.25, 0.3) is 11.1 Å². The first-order valence-corrected chi connectivity index (χ1v) is 12.0. The van der Waals surface area contributed by atoms with Crippen molar-refractivity contribution in [2.24, 2.45) is 0 Å². The molecule has 0 heterocycles. The molecule has 3 aromatic rings. The third-order valence-electron chi connectivity index (χ3n) is 6.82. The summed E-state index contributed by atoms with van der Waals surface area (Å²) in [5.74, 6) is -1.13. The first-order chi connectivity index (χ1) is 17.8. The highest BCUT2D eigenvalue weighted by Crippen LogP contribution is 2.44. The molecule has 1 aliphatic rings. The van der Waals surface area contributed by atoms with Gasteiger partial charge in [-0.1, -0.05) is 60.7 Å². The minimum absolute atomic E-state index is 0.102. The zero-order valence-electron chi connectivity index (χ0n) is 21.0. The molecule has 2 atom stereocenters. The van der Waals surface area contributed by atoms with Gasteiger partial charge in [0.2, 0.25) is 5.91 Å². The Kier molecular flexibility index (Phi) is 7.77. The van der Waals surface area contributed by atoms with Gasteiger partial charge in [0.05, 0.1) is 7.11 Å². The molecule has 0 aromatic heterocycles. The second-order valence-corrected chi connectivity index (χ2v) is 9.04. The molecule has 0 bridgehead atoms. The topological polar surface area (TPSA) is 105 Å². The van der Waals surface area contributed by atoms with E-state index in [1.807, 2.05) is 36.4 Å². The Morgan fingerprint density at radius 2 is 1.51 bits per heavy atom. The van der Waals surface area contributed by atoms with Crippen molar-refractivity contribution in [1.82, 2.24) is 10.2 Å². The van der Waals surface area contributed by atoms with Gasteiger partial charge in [-0.25, -0.2) is 9.59 Å². The van der Waals surface area contributed by atoms with Gasteiger partial charge in [-0.15, -0.1) is 0 Å². The number of amides is 2. The summed E-state index contributed by atoms with van der Waals surface area (Å²) in [6.45, 7) is 1.52. The number of hydrogen-bond donors (Lipinski definition) is 2. The van der Waals surface area contributed by atoms with Crippen LogP contribution in [0.1, 0.15) is 29.5 Å². The monoisotopic (exact) mass is 502 g/mol. The maximum Gasteiger partial charge on any atom is 0.407 e. The summed E-state index contributed by atoms with van der Waals surface area (Å²) >= 11 is 0. The summed E-state index contributed by atoms with van der Waals surface area (Å²) in [5, 5.41) is 12.0. The molecule has 0 unspecified atom stereocenters. The highest BCUT2D eigenvalue weighted by molar-refractivity contribution is 5.89. The van der Waals surface area contributed by atoms with Crippen molar-refractivity contribution in [3.05, 3.63) is 89.5 Å². The van der Waals surface area contributed by atoms with Crippen LogP contribution in [0.15, 0.2) is 72.8 Å². The number of ether oxygens (including phenoxy) is 2. The molecule has 8 heteroatoms. The number of nitrogens with one attached hydrogen (secondary N) is 1. The van der Waals surface area contributed by atoms with Crippen LogP contribution in [0, 0.1) is 0 Å². The van der Waals surface area contributed by atoms with Gasteiger partial charge < -0.3 is 24.8 Å². The number of benzene rings is 3. The summed E-state index contributed by atoms with van der Waals surface area (Å²) in [7, 11) is 2.96. The van der Waals surface area contributed by atoms with E-state index in [0.29, 0.717) is 5.75 Å². The van der Waals surface area contributed by atoms with E-state index in [4.69, 9.17) is 9.47 Å². The van der Waals surface area contributed by atoms with Gasteiger partial charge in [0, 0.05) is 19.4 Å². The number of fused-ring (bicyclic) bond motifs is 3. The Morgan fingerprint density at radius 3 is 2.05 bits per heavy atom. The first kappa shape index (κ1) is 25.8. The standard InChI is InChI=1S/C29H30N2O6/c1-18(28(33)34)31(2)27(32)26(16-19-12-14-20(36-3)15-13-19)30-29(35)37-17-25-23-10-6-4-8-21(23)22-9-5-7-11-24(22)25/h4-15,18,25-26H,16-17H2,1-3H3,(H,30,35)(H,33,34)/t18-,26+/m0/s1. The van der Waals surface area contributed by atoms with Crippen molar-refractivity contribution < 1.29 is 29.0 Å². The lowest BCUT2D eigenvalue weighted by atomic mass is 9.98. The lowest BCUT2D eigenvalue weighted by Gasteiger charge is -2.27. The van der Waals surface area contributed by atoms with Crippen molar-refractivity contribution in [3.8, 4) is 16.9 Å². The number of hydrogen-bond acceptors (Lipinski definition) is 5. The van der Waals surface area contributed by atoms with Crippen molar-refractivity contribution in [3.63, 3.8) is 0 Å². The average molecular weight is 503 g/mol. The number of nitrogens with zero attached hydrogens (tertiary/aromatic N) is 1. The Labute approximate surface area is 215 Å². The molecule has 2 amide bonds. The summed E-state index contributed by atoms with van der Waals surface area (Å²) in [5.41, 5.74) is 5.16. The number of carboxylic acids is 1. The Morgan fingerprint density at radius 1 is 0.946 bits per heavy atom. The van der Waals surface area contributed by atoms with Crippen LogP contribution in [0.4, 0.5) is 4.79 Å². The van der Waals surface area contributed by atoms with E-state index < -0.39 is 30.1 Å². The predicted octanol–water partition coefficient (Wildman–Crippen LogP) is 4.08. The van der Waals surface area contributed by atoms with Crippen LogP contribution >= 0.6 is 0 Å². The second-order valence-electron chi connectivity index (χ2n) is 9.04. The largest absolute Gasteiger partial charge is 0.497 e. The minimum Gasteiger partial charge on any atom is -0.497 e. The van der Waals surface area contributed by atoms with E-state index in [9.17, 15) is 19.5 Å². The molecule has 4 rings (SSSR count). The minimum atomic E-state index is -1.14. The predicted molar refractivity (Wildman–Crippen MR) is 139 cm³/mol. The number of aliphatic carboxylic acids is 1. The van der Waals surface area contributed by atoms with Crippen molar-refractivity contribution in [2.45, 2.75) is 31.3 Å². The molecule has 2 N–H and O–H groups in total. The number of carbonyl (C=O) groups is 3. The molecule has 0 fully saturated rings. The van der Waals surface area contributed by atoms with Crippen LogP contribution < -0.4 is 10.1 Å². The van der Waals surface area contributed by atoms with Crippen LogP contribution in [0.2, 0.25) is 0 Å². The van der Waals surface area contributed by atoms with Crippen LogP contribution in [-0.2, 0) is 20.7 Å². The van der Waals surface area contributed by atoms with Crippen molar-refractivity contribution in [2.75, 3.05) is 20.8 Å². The zero-order chi connectivity index (χ0) is 26.5. The lowest BCUT2D eigenvalue weighted by Crippen LogP contribution is -2.52. The van der Waals surface area contributed by atoms with Crippen molar-refractivity contribution in [1.29, 1.82) is 0 Å². The smallest absolute Gasteiger partial charge is 0.407 e. The maximum absolute atomic E-state index is 13.2. The summed E-state index contributed by atoms with van der Waals surface area (Å²) in [6.07, 6.45) is -0.589. The van der Waals surface area contributed by atoms with Crippen molar-refractivity contribution >= 4 is 18.0 Å². The van der Waals surface area contributed by atoms with Gasteiger partial charge in [-0.2, -0.15) is 0 Å². The van der Waals surface area contributed by atoms with E-state index in [0.717, 1.165) is 32.7 Å². The Bertz CT molecular complexity index is 1240. The fourth-order valence-electron chi connectivity index (χ4n) is 4.58. The summed E-state index contributed by atoms with van der Waals surface area (Å²) in [4.78, 5) is 38.7. The lowest BCUT2D eigenvalue weighted by molar-refractivity contribution is -0.148. The van der Waals surface area contributed by atoms with Crippen LogP contribution in [0.5, 0.6) is 5.75 Å². The molecule has 192 valence electrons. The quantitative estimate of drug-likeness (QED) is 0.457. The third-order valence-corrected chi connectivity index (χ3v) is 6.82. The molecule has 0 saturated carbocycles. The molecule has 0 radical (unpaired) electrons. The van der Waals surface area contributed by atoms with Gasteiger partial charge >= 0.3 is 12.1 Å². The van der Waals surface area contributed by atoms with E-state index in [-0.39, 0.29) is 18.9 Å². The Hall–Kier alpha value is -4.33. The van der Waals surface area contributed by atoms with Gasteiger partial charge in [0.15, 0.2) is 0 Å². The Balaban J connectivity index is 1.49. The molecule has 0 spiro atoms. The fourth-order valence-corrected chi connectivity index (χ4v) is 4.58. The number of methoxy groups -OCH3 is 1. The molecule has 8 nitrogen and oxygen atoms in total. The fraction of sp³-hybridized carbons (Fsp3) is 0.276. The molecular weight excluding hydrogens is 472 g/mol.